The summed E-state index contributed by atoms with van der Waals surface area (Å²) in [6.45, 7) is 5.37. The fourth-order valence-corrected chi connectivity index (χ4v) is 6.02. The fourth-order valence-electron chi connectivity index (χ4n) is 6.02. The molecule has 3 aliphatic heterocycles. The number of amides is 2. The summed E-state index contributed by atoms with van der Waals surface area (Å²) < 4.78 is 31.6. The van der Waals surface area contributed by atoms with E-state index in [1.54, 1.807) is 30.6 Å². The zero-order valence-electron chi connectivity index (χ0n) is 24.7. The van der Waals surface area contributed by atoms with Crippen LogP contribution in [0.15, 0.2) is 48.8 Å². The number of nitrogens with one attached hydrogen (secondary N) is 3. The number of anilines is 2. The number of morpholine rings is 1. The molecular weight excluding hydrogens is 567 g/mol. The van der Waals surface area contributed by atoms with Crippen LogP contribution in [-0.4, -0.2) is 97.3 Å². The molecule has 0 bridgehead atoms. The van der Waals surface area contributed by atoms with Gasteiger partial charge in [0.1, 0.15) is 12.4 Å². The molecule has 2 amide bonds. The number of halogens is 1. The van der Waals surface area contributed by atoms with Gasteiger partial charge in [0.2, 0.25) is 5.91 Å². The lowest BCUT2D eigenvalue weighted by atomic mass is 10.0. The van der Waals surface area contributed by atoms with Crippen molar-refractivity contribution in [2.45, 2.75) is 25.3 Å². The number of pyridine rings is 1. The van der Waals surface area contributed by atoms with E-state index in [1.165, 1.54) is 13.2 Å². The summed E-state index contributed by atoms with van der Waals surface area (Å²) in [5.74, 6) is -0.226. The Hall–Kier alpha value is -4.42. The molecule has 0 spiro atoms. The van der Waals surface area contributed by atoms with Crippen LogP contribution in [0.2, 0.25) is 0 Å². The molecule has 2 saturated heterocycles. The molecule has 1 atom stereocenters. The average molecular weight is 605 g/mol. The number of likely N-dealkylation sites (tertiary alicyclic amines) is 1. The van der Waals surface area contributed by atoms with Gasteiger partial charge in [-0.15, -0.1) is 0 Å². The molecule has 232 valence electrons. The highest BCUT2D eigenvalue weighted by atomic mass is 19.1. The van der Waals surface area contributed by atoms with Crippen LogP contribution in [0.3, 0.4) is 0 Å². The molecule has 3 aromatic rings. The highest BCUT2D eigenvalue weighted by molar-refractivity contribution is 6.06. The van der Waals surface area contributed by atoms with E-state index in [1.807, 2.05) is 17.0 Å². The second-order valence-electron chi connectivity index (χ2n) is 11.0. The lowest BCUT2D eigenvalue weighted by Crippen LogP contribution is -2.38. The van der Waals surface area contributed by atoms with E-state index in [2.05, 4.69) is 25.5 Å². The minimum atomic E-state index is -0.521. The molecule has 0 aliphatic carbocycles. The van der Waals surface area contributed by atoms with Crippen molar-refractivity contribution in [2.24, 2.45) is 0 Å². The van der Waals surface area contributed by atoms with E-state index in [-0.39, 0.29) is 23.6 Å². The van der Waals surface area contributed by atoms with Crippen molar-refractivity contribution in [3.05, 3.63) is 65.9 Å². The molecule has 1 aromatic carbocycles. The van der Waals surface area contributed by atoms with Crippen LogP contribution >= 0.6 is 0 Å². The first kappa shape index (κ1) is 29.6. The number of hydrogen-bond donors (Lipinski definition) is 3. The highest BCUT2D eigenvalue weighted by Gasteiger charge is 2.31. The van der Waals surface area contributed by atoms with E-state index in [4.69, 9.17) is 14.2 Å². The van der Waals surface area contributed by atoms with Crippen molar-refractivity contribution in [1.29, 1.82) is 0 Å². The quantitative estimate of drug-likeness (QED) is 0.301. The smallest absolute Gasteiger partial charge is 0.255 e. The Balaban J connectivity index is 1.23. The Morgan fingerprint density at radius 1 is 1.25 bits per heavy atom. The van der Waals surface area contributed by atoms with Gasteiger partial charge in [-0.05, 0) is 31.0 Å². The van der Waals surface area contributed by atoms with Gasteiger partial charge in [-0.25, -0.2) is 4.39 Å². The molecule has 44 heavy (non-hydrogen) atoms. The SMILES string of the molecule is COc1c(F)cccc1Nc1c(-c2ccncc2OC[C@H]2CCCN2C(=O)/C=C/CN2CCOCC2)[nH]c2c1C(=O)NCC2. The third-order valence-corrected chi connectivity index (χ3v) is 8.27. The van der Waals surface area contributed by atoms with Crippen molar-refractivity contribution in [3.63, 3.8) is 0 Å². The van der Waals surface area contributed by atoms with Crippen LogP contribution < -0.4 is 20.1 Å². The number of carbonyl (C=O) groups excluding carboxylic acids is 2. The van der Waals surface area contributed by atoms with Crippen LogP contribution in [-0.2, 0) is 16.0 Å². The minimum Gasteiger partial charge on any atom is -0.492 e. The predicted molar refractivity (Wildman–Crippen MR) is 163 cm³/mol. The van der Waals surface area contributed by atoms with Gasteiger partial charge in [-0.1, -0.05) is 12.1 Å². The van der Waals surface area contributed by atoms with E-state index in [0.29, 0.717) is 60.1 Å². The van der Waals surface area contributed by atoms with Crippen LogP contribution in [0.5, 0.6) is 11.5 Å². The normalized spacial score (nSPS) is 18.7. The van der Waals surface area contributed by atoms with E-state index < -0.39 is 5.82 Å². The molecule has 6 rings (SSSR count). The number of carbonyl (C=O) groups is 2. The van der Waals surface area contributed by atoms with Gasteiger partial charge in [0.05, 0.1) is 55.2 Å². The summed E-state index contributed by atoms with van der Waals surface area (Å²) in [5, 5.41) is 6.15. The van der Waals surface area contributed by atoms with Crippen molar-refractivity contribution < 1.29 is 28.2 Å². The van der Waals surface area contributed by atoms with Gasteiger partial charge in [0, 0.05) is 62.7 Å². The van der Waals surface area contributed by atoms with Gasteiger partial charge in [-0.2, -0.15) is 0 Å². The first-order valence-electron chi connectivity index (χ1n) is 15.0. The third kappa shape index (κ3) is 6.27. The number of nitrogens with zero attached hydrogens (tertiary/aromatic N) is 3. The van der Waals surface area contributed by atoms with Gasteiger partial charge in [-0.3, -0.25) is 19.5 Å². The molecule has 12 heteroatoms. The molecule has 5 heterocycles. The standard InChI is InChI=1S/C32H37FN6O5/c1-42-31-23(33)6-2-7-25(31)37-30-28-24(10-12-35-32(28)41)36-29(30)22-9-11-34-19-26(22)44-20-21-5-3-14-39(21)27(40)8-4-13-38-15-17-43-18-16-38/h2,4,6-9,11,19,21,36-37H,3,5,10,12-18,20H2,1H3,(H,35,41)/b8-4+/t21-/m1/s1. The van der Waals surface area contributed by atoms with Crippen molar-refractivity contribution in [2.75, 3.05) is 65.0 Å². The van der Waals surface area contributed by atoms with Gasteiger partial charge >= 0.3 is 0 Å². The second-order valence-corrected chi connectivity index (χ2v) is 11.0. The molecule has 3 aliphatic rings. The molecule has 11 nitrogen and oxygen atoms in total. The van der Waals surface area contributed by atoms with E-state index in [0.717, 1.165) is 51.4 Å². The zero-order valence-corrected chi connectivity index (χ0v) is 24.7. The van der Waals surface area contributed by atoms with Crippen molar-refractivity contribution in [3.8, 4) is 22.8 Å². The van der Waals surface area contributed by atoms with Crippen LogP contribution in [0.25, 0.3) is 11.3 Å². The molecule has 2 aromatic heterocycles. The highest BCUT2D eigenvalue weighted by Crippen LogP contribution is 2.42. The Bertz CT molecular complexity index is 1540. The maximum atomic E-state index is 14.6. The number of benzene rings is 1. The molecular formula is C32H37FN6O5. The summed E-state index contributed by atoms with van der Waals surface area (Å²) in [5.41, 5.74) is 3.38. The summed E-state index contributed by atoms with van der Waals surface area (Å²) in [6.07, 6.45) is 9.21. The third-order valence-electron chi connectivity index (χ3n) is 8.27. The van der Waals surface area contributed by atoms with E-state index in [9.17, 15) is 14.0 Å². The second kappa shape index (κ2) is 13.5. The Morgan fingerprint density at radius 2 is 2.11 bits per heavy atom. The summed E-state index contributed by atoms with van der Waals surface area (Å²) in [4.78, 5) is 38.0. The first-order valence-corrected chi connectivity index (χ1v) is 15.0. The maximum absolute atomic E-state index is 14.6. The lowest BCUT2D eigenvalue weighted by molar-refractivity contribution is -0.127. The number of H-pyrrole nitrogens is 1. The number of para-hydroxylation sites is 1. The van der Waals surface area contributed by atoms with Crippen LogP contribution in [0.4, 0.5) is 15.8 Å². The molecule has 0 saturated carbocycles. The number of hydrogen-bond acceptors (Lipinski definition) is 8. The summed E-state index contributed by atoms with van der Waals surface area (Å²) >= 11 is 0. The number of aromatic nitrogens is 2. The molecule has 0 unspecified atom stereocenters. The zero-order chi connectivity index (χ0) is 30.5. The maximum Gasteiger partial charge on any atom is 0.255 e. The number of fused-ring (bicyclic) bond motifs is 1. The average Bonchev–Trinajstić information content (AvgIpc) is 3.66. The largest absolute Gasteiger partial charge is 0.492 e. The topological polar surface area (TPSA) is 121 Å². The lowest BCUT2D eigenvalue weighted by Gasteiger charge is -2.26. The Kier molecular flexibility index (Phi) is 9.08. The number of aromatic amines is 1. The van der Waals surface area contributed by atoms with Crippen LogP contribution in [0.1, 0.15) is 28.9 Å². The van der Waals surface area contributed by atoms with Crippen LogP contribution in [0, 0.1) is 5.82 Å². The predicted octanol–water partition coefficient (Wildman–Crippen LogP) is 3.51. The molecule has 0 radical (unpaired) electrons. The van der Waals surface area contributed by atoms with Crippen molar-refractivity contribution in [1.82, 2.24) is 25.1 Å². The van der Waals surface area contributed by atoms with Gasteiger partial charge in [0.15, 0.2) is 11.6 Å². The van der Waals surface area contributed by atoms with Gasteiger partial charge < -0.3 is 34.7 Å². The molecule has 3 N–H and O–H groups in total. The molecule has 2 fully saturated rings. The monoisotopic (exact) mass is 604 g/mol. The minimum absolute atomic E-state index is 0.0191. The van der Waals surface area contributed by atoms with Gasteiger partial charge in [0.25, 0.3) is 5.91 Å². The fraction of sp³-hybridized carbons (Fsp3) is 0.406. The van der Waals surface area contributed by atoms with E-state index >= 15 is 0 Å². The summed E-state index contributed by atoms with van der Waals surface area (Å²) in [7, 11) is 1.40. The Labute approximate surface area is 255 Å². The number of methoxy groups -OCH3 is 1. The summed E-state index contributed by atoms with van der Waals surface area (Å²) in [6, 6.07) is 6.31. The number of rotatable bonds is 10. The Morgan fingerprint density at radius 3 is 2.95 bits per heavy atom. The number of ether oxygens (including phenoxy) is 3. The van der Waals surface area contributed by atoms with Crippen molar-refractivity contribution >= 4 is 23.2 Å². The first-order chi connectivity index (χ1) is 21.5.